The van der Waals surface area contributed by atoms with E-state index in [1.165, 1.54) is 4.90 Å². The number of carbonyl (C=O) groups is 2. The number of imide groups is 1. The standard InChI is InChI=1S/C16H22N2O3/c1-17-10-12-7-8-14(21-2)13(9-12)11-18-15(19)5-3-4-6-16(18)20/h7-9,17H,3-6,10-11H2,1-2H3. The minimum atomic E-state index is -0.0847. The summed E-state index contributed by atoms with van der Waals surface area (Å²) in [5.41, 5.74) is 1.97. The van der Waals surface area contributed by atoms with Gasteiger partial charge in [0.15, 0.2) is 0 Å². The molecule has 1 aliphatic heterocycles. The highest BCUT2D eigenvalue weighted by Gasteiger charge is 2.25. The summed E-state index contributed by atoms with van der Waals surface area (Å²) in [6.07, 6.45) is 2.48. The van der Waals surface area contributed by atoms with Gasteiger partial charge < -0.3 is 10.1 Å². The molecular weight excluding hydrogens is 268 g/mol. The molecule has 0 spiro atoms. The van der Waals surface area contributed by atoms with Crippen molar-refractivity contribution < 1.29 is 14.3 Å². The molecule has 1 aliphatic rings. The van der Waals surface area contributed by atoms with Gasteiger partial charge in [-0.3, -0.25) is 14.5 Å². The van der Waals surface area contributed by atoms with Crippen molar-refractivity contribution >= 4 is 11.8 Å². The summed E-state index contributed by atoms with van der Waals surface area (Å²) in [7, 11) is 3.48. The molecule has 1 saturated heterocycles. The molecule has 1 N–H and O–H groups in total. The third-order valence-corrected chi connectivity index (χ3v) is 3.69. The topological polar surface area (TPSA) is 58.6 Å². The van der Waals surface area contributed by atoms with Crippen LogP contribution in [0, 0.1) is 0 Å². The second-order valence-electron chi connectivity index (χ2n) is 5.26. The molecule has 0 atom stereocenters. The maximum absolute atomic E-state index is 12.1. The number of ether oxygens (including phenoxy) is 1. The molecule has 5 nitrogen and oxygen atoms in total. The predicted molar refractivity (Wildman–Crippen MR) is 79.8 cm³/mol. The third-order valence-electron chi connectivity index (χ3n) is 3.69. The van der Waals surface area contributed by atoms with E-state index < -0.39 is 0 Å². The van der Waals surface area contributed by atoms with E-state index >= 15 is 0 Å². The van der Waals surface area contributed by atoms with Gasteiger partial charge in [-0.25, -0.2) is 0 Å². The van der Waals surface area contributed by atoms with Crippen LogP contribution in [-0.4, -0.2) is 30.9 Å². The van der Waals surface area contributed by atoms with Gasteiger partial charge in [-0.2, -0.15) is 0 Å². The molecule has 1 aromatic carbocycles. The fraction of sp³-hybridized carbons (Fsp3) is 0.500. The molecule has 1 aromatic rings. The Balaban J connectivity index is 2.25. The molecule has 0 aromatic heterocycles. The quantitative estimate of drug-likeness (QED) is 0.841. The highest BCUT2D eigenvalue weighted by Crippen LogP contribution is 2.24. The summed E-state index contributed by atoms with van der Waals surface area (Å²) < 4.78 is 5.35. The Kier molecular flexibility index (Phi) is 5.33. The minimum absolute atomic E-state index is 0.0847. The van der Waals surface area contributed by atoms with Crippen molar-refractivity contribution in [2.75, 3.05) is 14.2 Å². The normalized spacial score (nSPS) is 16.0. The second kappa shape index (κ2) is 7.22. The van der Waals surface area contributed by atoms with Crippen LogP contribution < -0.4 is 10.1 Å². The molecule has 0 unspecified atom stereocenters. The number of rotatable bonds is 5. The van der Waals surface area contributed by atoms with E-state index in [1.807, 2.05) is 25.2 Å². The van der Waals surface area contributed by atoms with Crippen molar-refractivity contribution in [2.24, 2.45) is 0 Å². The molecule has 0 saturated carbocycles. The van der Waals surface area contributed by atoms with Gasteiger partial charge >= 0.3 is 0 Å². The van der Waals surface area contributed by atoms with E-state index in [1.54, 1.807) is 7.11 Å². The first kappa shape index (κ1) is 15.5. The van der Waals surface area contributed by atoms with E-state index in [-0.39, 0.29) is 11.8 Å². The van der Waals surface area contributed by atoms with Gasteiger partial charge in [0.25, 0.3) is 0 Å². The van der Waals surface area contributed by atoms with Crippen LogP contribution in [0.15, 0.2) is 18.2 Å². The molecule has 114 valence electrons. The van der Waals surface area contributed by atoms with Crippen molar-refractivity contribution in [3.63, 3.8) is 0 Å². The smallest absolute Gasteiger partial charge is 0.229 e. The lowest BCUT2D eigenvalue weighted by Crippen LogP contribution is -2.34. The van der Waals surface area contributed by atoms with Crippen LogP contribution in [0.4, 0.5) is 0 Å². The Hall–Kier alpha value is -1.88. The molecule has 1 heterocycles. The van der Waals surface area contributed by atoms with E-state index in [0.29, 0.717) is 25.1 Å². The summed E-state index contributed by atoms with van der Waals surface area (Å²) in [4.78, 5) is 25.6. The largest absolute Gasteiger partial charge is 0.496 e. The fourth-order valence-electron chi connectivity index (χ4n) is 2.58. The highest BCUT2D eigenvalue weighted by atomic mass is 16.5. The van der Waals surface area contributed by atoms with E-state index in [0.717, 1.165) is 30.5 Å². The van der Waals surface area contributed by atoms with Crippen LogP contribution >= 0.6 is 0 Å². The van der Waals surface area contributed by atoms with Gasteiger partial charge in [-0.05, 0) is 37.6 Å². The van der Waals surface area contributed by atoms with E-state index in [2.05, 4.69) is 5.32 Å². The summed E-state index contributed by atoms with van der Waals surface area (Å²) in [5.74, 6) is 0.539. The van der Waals surface area contributed by atoms with Crippen LogP contribution in [0.3, 0.4) is 0 Å². The average molecular weight is 290 g/mol. The number of nitrogens with zero attached hydrogens (tertiary/aromatic N) is 1. The first-order chi connectivity index (χ1) is 10.2. The molecule has 2 rings (SSSR count). The number of carbonyl (C=O) groups excluding carboxylic acids is 2. The number of hydrogen-bond acceptors (Lipinski definition) is 4. The zero-order valence-electron chi connectivity index (χ0n) is 12.6. The van der Waals surface area contributed by atoms with Crippen molar-refractivity contribution in [3.8, 4) is 5.75 Å². The average Bonchev–Trinajstić information content (AvgIpc) is 2.63. The molecule has 21 heavy (non-hydrogen) atoms. The first-order valence-electron chi connectivity index (χ1n) is 7.29. The molecular formula is C16H22N2O3. The monoisotopic (exact) mass is 290 g/mol. The molecule has 5 heteroatoms. The van der Waals surface area contributed by atoms with Crippen LogP contribution in [0.2, 0.25) is 0 Å². The van der Waals surface area contributed by atoms with Crippen LogP contribution in [-0.2, 0) is 22.7 Å². The molecule has 2 amide bonds. The van der Waals surface area contributed by atoms with Gasteiger partial charge in [0.2, 0.25) is 11.8 Å². The maximum Gasteiger partial charge on any atom is 0.229 e. The summed E-state index contributed by atoms with van der Waals surface area (Å²) in [6, 6.07) is 5.85. The Morgan fingerprint density at radius 3 is 2.43 bits per heavy atom. The zero-order valence-corrected chi connectivity index (χ0v) is 12.6. The van der Waals surface area contributed by atoms with Gasteiger partial charge in [0, 0.05) is 24.9 Å². The van der Waals surface area contributed by atoms with Gasteiger partial charge in [0.05, 0.1) is 13.7 Å². The van der Waals surface area contributed by atoms with E-state index in [9.17, 15) is 9.59 Å². The van der Waals surface area contributed by atoms with Gasteiger partial charge in [0.1, 0.15) is 5.75 Å². The van der Waals surface area contributed by atoms with Gasteiger partial charge in [-0.15, -0.1) is 0 Å². The minimum Gasteiger partial charge on any atom is -0.496 e. The summed E-state index contributed by atoms with van der Waals surface area (Å²) >= 11 is 0. The number of benzene rings is 1. The van der Waals surface area contributed by atoms with Crippen LogP contribution in [0.25, 0.3) is 0 Å². The second-order valence-corrected chi connectivity index (χ2v) is 5.26. The highest BCUT2D eigenvalue weighted by molar-refractivity contribution is 5.96. The van der Waals surface area contributed by atoms with Crippen LogP contribution in [0.5, 0.6) is 5.75 Å². The Labute approximate surface area is 125 Å². The molecule has 0 bridgehead atoms. The van der Waals surface area contributed by atoms with E-state index in [4.69, 9.17) is 4.74 Å². The molecule has 0 radical (unpaired) electrons. The molecule has 1 fully saturated rings. The van der Waals surface area contributed by atoms with Crippen LogP contribution in [0.1, 0.15) is 36.8 Å². The first-order valence-corrected chi connectivity index (χ1v) is 7.29. The summed E-state index contributed by atoms with van der Waals surface area (Å²) in [6.45, 7) is 1.03. The van der Waals surface area contributed by atoms with Crippen molar-refractivity contribution in [1.82, 2.24) is 10.2 Å². The van der Waals surface area contributed by atoms with Gasteiger partial charge in [-0.1, -0.05) is 6.07 Å². The Morgan fingerprint density at radius 1 is 1.19 bits per heavy atom. The predicted octanol–water partition coefficient (Wildman–Crippen LogP) is 1.84. The summed E-state index contributed by atoms with van der Waals surface area (Å²) in [5, 5.41) is 3.09. The van der Waals surface area contributed by atoms with Crippen molar-refractivity contribution in [3.05, 3.63) is 29.3 Å². The zero-order chi connectivity index (χ0) is 15.2. The lowest BCUT2D eigenvalue weighted by Gasteiger charge is -2.20. The van der Waals surface area contributed by atoms with Crippen molar-refractivity contribution in [1.29, 1.82) is 0 Å². The lowest BCUT2D eigenvalue weighted by atomic mass is 10.1. The van der Waals surface area contributed by atoms with Crippen molar-refractivity contribution in [2.45, 2.75) is 38.8 Å². The third kappa shape index (κ3) is 3.82. The number of hydrogen-bond donors (Lipinski definition) is 1. The lowest BCUT2D eigenvalue weighted by molar-refractivity contribution is -0.144. The number of amides is 2. The Bertz CT molecular complexity index is 510. The molecule has 0 aliphatic carbocycles. The number of nitrogens with one attached hydrogen (secondary N) is 1. The number of likely N-dealkylation sites (tertiary alicyclic amines) is 1. The maximum atomic E-state index is 12.1. The fourth-order valence-corrected chi connectivity index (χ4v) is 2.58. The SMILES string of the molecule is CNCc1ccc(OC)c(CN2C(=O)CCCCC2=O)c1. The Morgan fingerprint density at radius 2 is 1.86 bits per heavy atom. The number of methoxy groups -OCH3 is 1.